The van der Waals surface area contributed by atoms with Gasteiger partial charge in [-0.3, -0.25) is 10.00 Å². The number of hydrogen-bond acceptors (Lipinski definition) is 3. The third-order valence-corrected chi connectivity index (χ3v) is 3.40. The first-order chi connectivity index (χ1) is 9.20. The van der Waals surface area contributed by atoms with Crippen LogP contribution >= 0.6 is 11.6 Å². The minimum Gasteiger partial charge on any atom is -0.299 e. The molecule has 19 heavy (non-hydrogen) atoms. The van der Waals surface area contributed by atoms with Gasteiger partial charge < -0.3 is 0 Å². The summed E-state index contributed by atoms with van der Waals surface area (Å²) in [6.45, 7) is 0.621. The molecule has 1 atom stereocenters. The van der Waals surface area contributed by atoms with Gasteiger partial charge in [-0.25, -0.2) is 0 Å². The zero-order valence-electron chi connectivity index (χ0n) is 10.7. The van der Waals surface area contributed by atoms with Gasteiger partial charge in [0, 0.05) is 19.2 Å². The average Bonchev–Trinajstić information content (AvgIpc) is 2.88. The molecule has 98 valence electrons. The smallest absolute Gasteiger partial charge is 0.133 e. The van der Waals surface area contributed by atoms with Gasteiger partial charge in [0.05, 0.1) is 17.3 Å². The Morgan fingerprint density at radius 2 is 2.16 bits per heavy atom. The van der Waals surface area contributed by atoms with Crippen LogP contribution in [0.25, 0.3) is 0 Å². The largest absolute Gasteiger partial charge is 0.299 e. The Labute approximate surface area is 117 Å². The van der Waals surface area contributed by atoms with E-state index in [4.69, 9.17) is 11.6 Å². The minimum atomic E-state index is -0.709. The van der Waals surface area contributed by atoms with E-state index >= 15 is 0 Å². The van der Waals surface area contributed by atoms with Crippen molar-refractivity contribution in [3.05, 3.63) is 53.3 Å². The van der Waals surface area contributed by atoms with Crippen LogP contribution in [0.3, 0.4) is 0 Å². The van der Waals surface area contributed by atoms with Gasteiger partial charge in [-0.2, -0.15) is 10.4 Å². The molecule has 2 aromatic rings. The van der Waals surface area contributed by atoms with Crippen LogP contribution in [0, 0.1) is 11.3 Å². The van der Waals surface area contributed by atoms with Crippen LogP contribution in [0.2, 0.25) is 5.02 Å². The molecule has 1 aromatic heterocycles. The van der Waals surface area contributed by atoms with Gasteiger partial charge in [0.15, 0.2) is 0 Å². The summed E-state index contributed by atoms with van der Waals surface area (Å²) < 4.78 is 1.74. The molecule has 1 unspecified atom stereocenters. The molecule has 0 fully saturated rings. The summed E-state index contributed by atoms with van der Waals surface area (Å²) in [5.74, 6) is 0. The van der Waals surface area contributed by atoms with Crippen molar-refractivity contribution in [2.75, 3.05) is 7.05 Å². The van der Waals surface area contributed by atoms with Crippen molar-refractivity contribution >= 4 is 11.6 Å². The van der Waals surface area contributed by atoms with Gasteiger partial charge in [-0.05, 0) is 12.6 Å². The van der Waals surface area contributed by atoms with Crippen molar-refractivity contribution < 1.29 is 0 Å². The number of aryl methyl sites for hydroxylation is 1. The number of rotatable bonds is 5. The summed E-state index contributed by atoms with van der Waals surface area (Å²) >= 11 is 5.83. The Morgan fingerprint density at radius 3 is 2.68 bits per heavy atom. The first-order valence-electron chi connectivity index (χ1n) is 6.04. The topological polar surface area (TPSA) is 53.6 Å². The minimum absolute atomic E-state index is 0.603. The van der Waals surface area contributed by atoms with Crippen molar-refractivity contribution in [1.29, 1.82) is 5.26 Å². The van der Waals surface area contributed by atoms with Crippen LogP contribution < -0.4 is 5.32 Å². The van der Waals surface area contributed by atoms with Gasteiger partial charge in [-0.1, -0.05) is 41.9 Å². The zero-order chi connectivity index (χ0) is 13.7. The van der Waals surface area contributed by atoms with Gasteiger partial charge >= 0.3 is 0 Å². The lowest BCUT2D eigenvalue weighted by atomic mass is 9.88. The summed E-state index contributed by atoms with van der Waals surface area (Å²) in [6, 6.07) is 12.1. The van der Waals surface area contributed by atoms with Crippen LogP contribution in [0.15, 0.2) is 42.7 Å². The second kappa shape index (κ2) is 5.87. The monoisotopic (exact) mass is 274 g/mol. The molecule has 1 heterocycles. The quantitative estimate of drug-likeness (QED) is 0.912. The van der Waals surface area contributed by atoms with Crippen LogP contribution in [-0.2, 0) is 12.1 Å². The molecule has 0 spiro atoms. The maximum Gasteiger partial charge on any atom is 0.133 e. The first kappa shape index (κ1) is 13.6. The molecule has 1 N–H and O–H groups in total. The van der Waals surface area contributed by atoms with E-state index in [2.05, 4.69) is 16.5 Å². The molecule has 0 aliphatic carbocycles. The van der Waals surface area contributed by atoms with Crippen LogP contribution in [0.1, 0.15) is 12.0 Å². The molecule has 0 aliphatic rings. The second-order valence-electron chi connectivity index (χ2n) is 4.30. The highest BCUT2D eigenvalue weighted by molar-refractivity contribution is 6.30. The van der Waals surface area contributed by atoms with E-state index in [0.717, 1.165) is 5.56 Å². The van der Waals surface area contributed by atoms with E-state index in [0.29, 0.717) is 18.0 Å². The predicted octanol–water partition coefficient (Wildman–Crippen LogP) is 2.57. The lowest BCUT2D eigenvalue weighted by Crippen LogP contribution is -2.39. The number of aromatic nitrogens is 2. The number of nitrogens with one attached hydrogen (secondary N) is 1. The molecule has 0 saturated heterocycles. The molecular weight excluding hydrogens is 260 g/mol. The molecule has 0 amide bonds. The van der Waals surface area contributed by atoms with E-state index in [-0.39, 0.29) is 0 Å². The van der Waals surface area contributed by atoms with E-state index in [1.807, 2.05) is 30.3 Å². The Balaban J connectivity index is 2.19. The van der Waals surface area contributed by atoms with Crippen LogP contribution in [0.5, 0.6) is 0 Å². The lowest BCUT2D eigenvalue weighted by molar-refractivity contribution is 0.390. The lowest BCUT2D eigenvalue weighted by Gasteiger charge is -2.26. The first-order valence-corrected chi connectivity index (χ1v) is 6.41. The van der Waals surface area contributed by atoms with Crippen molar-refractivity contribution in [2.45, 2.75) is 18.5 Å². The number of nitrogens with zero attached hydrogens (tertiary/aromatic N) is 3. The van der Waals surface area contributed by atoms with Gasteiger partial charge in [0.1, 0.15) is 5.54 Å². The highest BCUT2D eigenvalue weighted by Crippen LogP contribution is 2.24. The standard InChI is InChI=1S/C14H15ClN4/c1-17-14(11-16,12-5-3-2-4-6-12)7-8-19-10-13(15)9-18-19/h2-6,9-10,17H,7-8H2,1H3. The number of nitriles is 1. The van der Waals surface area contributed by atoms with E-state index in [9.17, 15) is 5.26 Å². The fraction of sp³-hybridized carbons (Fsp3) is 0.286. The SMILES string of the molecule is CNC(C#N)(CCn1cc(Cl)cn1)c1ccccc1. The van der Waals surface area contributed by atoms with E-state index in [1.54, 1.807) is 24.1 Å². The molecule has 2 rings (SSSR count). The van der Waals surface area contributed by atoms with Crippen molar-refractivity contribution in [1.82, 2.24) is 15.1 Å². The molecule has 0 aliphatic heterocycles. The third-order valence-electron chi connectivity index (χ3n) is 3.20. The van der Waals surface area contributed by atoms with Gasteiger partial charge in [-0.15, -0.1) is 0 Å². The average molecular weight is 275 g/mol. The maximum atomic E-state index is 9.54. The molecule has 4 nitrogen and oxygen atoms in total. The van der Waals surface area contributed by atoms with Crippen molar-refractivity contribution in [2.24, 2.45) is 0 Å². The Morgan fingerprint density at radius 1 is 1.42 bits per heavy atom. The number of benzene rings is 1. The van der Waals surface area contributed by atoms with Crippen LogP contribution in [-0.4, -0.2) is 16.8 Å². The van der Waals surface area contributed by atoms with Gasteiger partial charge in [0.2, 0.25) is 0 Å². The summed E-state index contributed by atoms with van der Waals surface area (Å²) in [6.07, 6.45) is 3.96. The molecule has 0 bridgehead atoms. The predicted molar refractivity (Wildman–Crippen MR) is 74.6 cm³/mol. The van der Waals surface area contributed by atoms with Crippen molar-refractivity contribution in [3.63, 3.8) is 0 Å². The normalized spacial score (nSPS) is 13.7. The second-order valence-corrected chi connectivity index (χ2v) is 4.74. The summed E-state index contributed by atoms with van der Waals surface area (Å²) in [4.78, 5) is 0. The van der Waals surface area contributed by atoms with E-state index in [1.165, 1.54) is 0 Å². The zero-order valence-corrected chi connectivity index (χ0v) is 11.4. The Hall–Kier alpha value is -1.83. The molecule has 0 saturated carbocycles. The molecule has 0 radical (unpaired) electrons. The fourth-order valence-corrected chi connectivity index (χ4v) is 2.21. The Kier molecular flexibility index (Phi) is 4.20. The van der Waals surface area contributed by atoms with E-state index < -0.39 is 5.54 Å². The summed E-state index contributed by atoms with van der Waals surface area (Å²) in [5.41, 5.74) is 0.248. The highest BCUT2D eigenvalue weighted by atomic mass is 35.5. The fourth-order valence-electron chi connectivity index (χ4n) is 2.06. The molecule has 5 heteroatoms. The van der Waals surface area contributed by atoms with Gasteiger partial charge in [0.25, 0.3) is 0 Å². The maximum absolute atomic E-state index is 9.54. The Bertz CT molecular complexity index is 573. The van der Waals surface area contributed by atoms with Crippen LogP contribution in [0.4, 0.5) is 0 Å². The summed E-state index contributed by atoms with van der Waals surface area (Å²) in [7, 11) is 1.80. The van der Waals surface area contributed by atoms with Crippen molar-refractivity contribution in [3.8, 4) is 6.07 Å². The highest BCUT2D eigenvalue weighted by Gasteiger charge is 2.30. The molecular formula is C14H15ClN4. The molecule has 1 aromatic carbocycles. The summed E-state index contributed by atoms with van der Waals surface area (Å²) in [5, 5.41) is 17.4. The third kappa shape index (κ3) is 2.95. The number of hydrogen-bond donors (Lipinski definition) is 1. The number of halogens is 1.